The molecule has 2 aromatic heterocycles. The topological polar surface area (TPSA) is 33.5 Å². The van der Waals surface area contributed by atoms with Crippen LogP contribution in [0, 0.1) is 25.7 Å². The number of ether oxygens (including phenoxy) is 1. The second kappa shape index (κ2) is 9.96. The van der Waals surface area contributed by atoms with Crippen LogP contribution in [0.3, 0.4) is 0 Å². The molecule has 196 valence electrons. The van der Waals surface area contributed by atoms with Crippen LogP contribution in [0.15, 0.2) is 79.3 Å². The van der Waals surface area contributed by atoms with Crippen molar-refractivity contribution in [2.75, 3.05) is 11.9 Å². The second-order valence-electron chi connectivity index (χ2n) is 10.6. The molecule has 3 aromatic carbocycles. The zero-order valence-electron chi connectivity index (χ0n) is 22.1. The van der Waals surface area contributed by atoms with E-state index in [0.717, 1.165) is 38.9 Å². The first-order valence-electron chi connectivity index (χ1n) is 12.4. The van der Waals surface area contributed by atoms with Crippen molar-refractivity contribution >= 4 is 27.5 Å². The van der Waals surface area contributed by atoms with Crippen molar-refractivity contribution in [3.8, 4) is 17.3 Å². The summed E-state index contributed by atoms with van der Waals surface area (Å²) >= 11 is 0. The van der Waals surface area contributed by atoms with Gasteiger partial charge in [0.15, 0.2) is 0 Å². The number of aryl methyl sites for hydroxylation is 1. The van der Waals surface area contributed by atoms with Crippen molar-refractivity contribution < 1.29 is 25.8 Å². The second-order valence-corrected chi connectivity index (χ2v) is 10.6. The normalized spacial score (nSPS) is 13.4. The van der Waals surface area contributed by atoms with Crippen molar-refractivity contribution in [3.05, 3.63) is 109 Å². The zero-order chi connectivity index (χ0) is 25.7. The van der Waals surface area contributed by atoms with Crippen LogP contribution in [-0.4, -0.2) is 21.5 Å². The summed E-state index contributed by atoms with van der Waals surface area (Å²) in [4.78, 5) is 8.79. The number of fused-ring (bicyclic) bond motifs is 3. The molecular weight excluding hydrogens is 651 g/mol. The number of hydrogen-bond donors (Lipinski definition) is 0. The SMILES string of the molecule is Cc1cc(Oc2[c-]c3c(cc2)c2ccccc2n3-c2cc(C(C)(C)C)ccn2)[c-]c(N2C=CN(C)[CH-]2)c1.[Pt]. The zero-order valence-corrected chi connectivity index (χ0v) is 24.4. The summed E-state index contributed by atoms with van der Waals surface area (Å²) in [6, 6.07) is 27.8. The third-order valence-electron chi connectivity index (χ3n) is 6.64. The summed E-state index contributed by atoms with van der Waals surface area (Å²) in [6.07, 6.45) is 5.89. The first-order valence-corrected chi connectivity index (χ1v) is 12.4. The fourth-order valence-electron chi connectivity index (χ4n) is 4.75. The molecule has 0 aliphatic carbocycles. The molecule has 1 aliphatic heterocycles. The minimum atomic E-state index is 0. The molecule has 0 saturated carbocycles. The molecule has 5 nitrogen and oxygen atoms in total. The van der Waals surface area contributed by atoms with Gasteiger partial charge in [-0.3, -0.25) is 0 Å². The largest absolute Gasteiger partial charge is 0.510 e. The number of rotatable bonds is 4. The third-order valence-corrected chi connectivity index (χ3v) is 6.64. The van der Waals surface area contributed by atoms with Gasteiger partial charge < -0.3 is 19.1 Å². The van der Waals surface area contributed by atoms with Gasteiger partial charge in [0.1, 0.15) is 5.82 Å². The third kappa shape index (κ3) is 4.83. The summed E-state index contributed by atoms with van der Waals surface area (Å²) in [6.45, 7) is 10.7. The molecule has 0 saturated heterocycles. The number of pyridine rings is 1. The predicted octanol–water partition coefficient (Wildman–Crippen LogP) is 7.52. The van der Waals surface area contributed by atoms with Crippen molar-refractivity contribution in [2.24, 2.45) is 0 Å². The minimum absolute atomic E-state index is 0. The van der Waals surface area contributed by atoms with E-state index in [-0.39, 0.29) is 26.5 Å². The van der Waals surface area contributed by atoms with E-state index in [2.05, 4.69) is 92.9 Å². The molecule has 6 rings (SSSR count). The average Bonchev–Trinajstić information content (AvgIpc) is 3.44. The van der Waals surface area contributed by atoms with Gasteiger partial charge >= 0.3 is 0 Å². The number of benzene rings is 3. The maximum Gasteiger partial charge on any atom is 0.135 e. The van der Waals surface area contributed by atoms with Crippen LogP contribution in [0.5, 0.6) is 11.5 Å². The van der Waals surface area contributed by atoms with E-state index in [1.165, 1.54) is 5.56 Å². The Labute approximate surface area is 238 Å². The molecule has 0 spiro atoms. The monoisotopic (exact) mass is 680 g/mol. The standard InChI is InChI=1S/C32H29N4O.Pt/c1-22-16-24(35-15-14-34(5)21-35)19-26(17-22)37-25-10-11-28-27-8-6-7-9-29(27)36(30(28)20-25)31-18-23(12-13-33-31)32(2,3)4;/h6-18,21H,1-5H3;/q-3;. The molecule has 38 heavy (non-hydrogen) atoms. The number of hydrogen-bond acceptors (Lipinski definition) is 4. The summed E-state index contributed by atoms with van der Waals surface area (Å²) in [7, 11) is 2.00. The number of nitrogens with zero attached hydrogens (tertiary/aromatic N) is 4. The van der Waals surface area contributed by atoms with E-state index < -0.39 is 0 Å². The summed E-state index contributed by atoms with van der Waals surface area (Å²) < 4.78 is 8.51. The Bertz CT molecular complexity index is 1660. The van der Waals surface area contributed by atoms with Gasteiger partial charge in [0.2, 0.25) is 0 Å². The van der Waals surface area contributed by atoms with Gasteiger partial charge in [-0.05, 0) is 54.0 Å². The maximum absolute atomic E-state index is 6.34. The predicted molar refractivity (Wildman–Crippen MR) is 150 cm³/mol. The number of para-hydroxylation sites is 1. The van der Waals surface area contributed by atoms with Gasteiger partial charge in [0, 0.05) is 44.3 Å². The molecule has 0 amide bonds. The van der Waals surface area contributed by atoms with Crippen LogP contribution in [0.25, 0.3) is 27.6 Å². The van der Waals surface area contributed by atoms with E-state index in [1.54, 1.807) is 0 Å². The molecule has 1 aliphatic rings. The fourth-order valence-corrected chi connectivity index (χ4v) is 4.75. The van der Waals surface area contributed by atoms with Crippen LogP contribution < -0.4 is 9.64 Å². The Morgan fingerprint density at radius 3 is 2.47 bits per heavy atom. The van der Waals surface area contributed by atoms with Crippen molar-refractivity contribution in [1.82, 2.24) is 14.5 Å². The summed E-state index contributed by atoms with van der Waals surface area (Å²) in [5.41, 5.74) is 5.30. The molecule has 0 atom stereocenters. The number of anilines is 1. The van der Waals surface area contributed by atoms with Gasteiger partial charge in [0.05, 0.1) is 0 Å². The van der Waals surface area contributed by atoms with Crippen LogP contribution in [-0.2, 0) is 26.5 Å². The smallest absolute Gasteiger partial charge is 0.135 e. The number of aromatic nitrogens is 2. The van der Waals surface area contributed by atoms with Gasteiger partial charge in [-0.25, -0.2) is 4.98 Å². The first-order chi connectivity index (χ1) is 17.8. The Hall–Kier alpha value is -3.56. The molecule has 0 bridgehead atoms. The molecule has 3 heterocycles. The summed E-state index contributed by atoms with van der Waals surface area (Å²) in [5.74, 6) is 2.16. The van der Waals surface area contributed by atoms with Crippen molar-refractivity contribution in [1.29, 1.82) is 0 Å². The molecule has 0 radical (unpaired) electrons. The maximum atomic E-state index is 6.34. The van der Waals surface area contributed by atoms with E-state index in [4.69, 9.17) is 9.72 Å². The van der Waals surface area contributed by atoms with Crippen LogP contribution in [0.4, 0.5) is 5.69 Å². The van der Waals surface area contributed by atoms with Gasteiger partial charge in [-0.2, -0.15) is 18.3 Å². The first kappa shape index (κ1) is 26.1. The van der Waals surface area contributed by atoms with E-state index in [1.807, 2.05) is 54.2 Å². The summed E-state index contributed by atoms with van der Waals surface area (Å²) in [5, 5.41) is 2.27. The van der Waals surface area contributed by atoms with Crippen LogP contribution >= 0.6 is 0 Å². The minimum Gasteiger partial charge on any atom is -0.510 e. The van der Waals surface area contributed by atoms with E-state index >= 15 is 0 Å². The van der Waals surface area contributed by atoms with Crippen molar-refractivity contribution in [3.63, 3.8) is 0 Å². The van der Waals surface area contributed by atoms with Gasteiger partial charge in [-0.15, -0.1) is 41.4 Å². The Balaban J connectivity index is 0.00000294. The van der Waals surface area contributed by atoms with E-state index in [0.29, 0.717) is 11.5 Å². The van der Waals surface area contributed by atoms with Gasteiger partial charge in [0.25, 0.3) is 0 Å². The molecule has 6 heteroatoms. The molecule has 0 unspecified atom stereocenters. The molecular formula is C32H29N4OPt-3. The Kier molecular flexibility index (Phi) is 6.83. The Morgan fingerprint density at radius 2 is 1.71 bits per heavy atom. The molecule has 5 aromatic rings. The molecule has 0 fully saturated rings. The quantitative estimate of drug-likeness (QED) is 0.184. The van der Waals surface area contributed by atoms with Crippen molar-refractivity contribution in [2.45, 2.75) is 33.1 Å². The van der Waals surface area contributed by atoms with Crippen LogP contribution in [0.1, 0.15) is 31.9 Å². The van der Waals surface area contributed by atoms with Crippen LogP contribution in [0.2, 0.25) is 0 Å². The fraction of sp³-hybridized carbons (Fsp3) is 0.188. The average molecular weight is 681 g/mol. The molecule has 0 N–H and O–H groups in total. The van der Waals surface area contributed by atoms with Gasteiger partial charge in [-0.1, -0.05) is 51.4 Å². The Morgan fingerprint density at radius 1 is 0.895 bits per heavy atom. The van der Waals surface area contributed by atoms with E-state index in [9.17, 15) is 0 Å².